The van der Waals surface area contributed by atoms with Crippen molar-refractivity contribution in [3.05, 3.63) is 0 Å². The minimum absolute atomic E-state index is 0. The van der Waals surface area contributed by atoms with Crippen LogP contribution >= 0.6 is 12.4 Å². The molecule has 3 aliphatic rings. The Morgan fingerprint density at radius 2 is 1.55 bits per heavy atom. The molecule has 0 aromatic heterocycles. The van der Waals surface area contributed by atoms with Crippen molar-refractivity contribution in [2.75, 3.05) is 26.2 Å². The van der Waals surface area contributed by atoms with E-state index in [1.807, 2.05) is 0 Å². The first-order valence-corrected chi connectivity index (χ1v) is 8.29. The lowest BCUT2D eigenvalue weighted by Crippen LogP contribution is -2.47. The first-order chi connectivity index (χ1) is 9.29. The second-order valence-electron chi connectivity index (χ2n) is 6.91. The van der Waals surface area contributed by atoms with E-state index in [0.29, 0.717) is 17.2 Å². The van der Waals surface area contributed by atoms with Crippen LogP contribution in [0, 0.1) is 11.3 Å². The summed E-state index contributed by atoms with van der Waals surface area (Å²) in [5, 5.41) is 3.35. The monoisotopic (exact) mass is 300 g/mol. The van der Waals surface area contributed by atoms with Crippen LogP contribution in [0.2, 0.25) is 0 Å². The Kier molecular flexibility index (Phi) is 5.74. The zero-order valence-corrected chi connectivity index (χ0v) is 13.3. The van der Waals surface area contributed by atoms with Crippen molar-refractivity contribution in [3.8, 4) is 0 Å². The molecular weight excluding hydrogens is 272 g/mol. The Bertz CT molecular complexity index is 312. The van der Waals surface area contributed by atoms with Gasteiger partial charge in [-0.25, -0.2) is 0 Å². The Morgan fingerprint density at radius 3 is 2.15 bits per heavy atom. The zero-order valence-electron chi connectivity index (χ0n) is 12.5. The van der Waals surface area contributed by atoms with Crippen LogP contribution in [0.1, 0.15) is 57.8 Å². The molecule has 0 aromatic rings. The molecule has 1 saturated carbocycles. The van der Waals surface area contributed by atoms with Gasteiger partial charge in [-0.15, -0.1) is 12.4 Å². The molecule has 2 saturated heterocycles. The maximum absolute atomic E-state index is 12.5. The van der Waals surface area contributed by atoms with E-state index < -0.39 is 0 Å². The highest BCUT2D eigenvalue weighted by Crippen LogP contribution is 2.44. The van der Waals surface area contributed by atoms with Crippen LogP contribution < -0.4 is 5.32 Å². The lowest BCUT2D eigenvalue weighted by atomic mass is 9.68. The molecule has 3 nitrogen and oxygen atoms in total. The number of hydrogen-bond acceptors (Lipinski definition) is 2. The fraction of sp³-hybridized carbons (Fsp3) is 0.938. The summed E-state index contributed by atoms with van der Waals surface area (Å²) < 4.78 is 0. The van der Waals surface area contributed by atoms with E-state index >= 15 is 0 Å². The minimum Gasteiger partial charge on any atom is -0.342 e. The summed E-state index contributed by atoms with van der Waals surface area (Å²) >= 11 is 0. The van der Waals surface area contributed by atoms with E-state index in [-0.39, 0.29) is 12.4 Å². The molecule has 20 heavy (non-hydrogen) atoms. The van der Waals surface area contributed by atoms with Gasteiger partial charge in [0.25, 0.3) is 0 Å². The molecule has 116 valence electrons. The number of piperidine rings is 2. The molecule has 4 heteroatoms. The van der Waals surface area contributed by atoms with Crippen molar-refractivity contribution in [1.29, 1.82) is 0 Å². The van der Waals surface area contributed by atoms with Gasteiger partial charge in [-0.3, -0.25) is 4.79 Å². The van der Waals surface area contributed by atoms with Crippen LogP contribution in [-0.2, 0) is 4.79 Å². The molecule has 3 rings (SSSR count). The average molecular weight is 301 g/mol. The van der Waals surface area contributed by atoms with Gasteiger partial charge in [-0.1, -0.05) is 19.3 Å². The maximum atomic E-state index is 12.5. The van der Waals surface area contributed by atoms with Gasteiger partial charge in [0.15, 0.2) is 0 Å². The van der Waals surface area contributed by atoms with Crippen LogP contribution in [-0.4, -0.2) is 37.0 Å². The molecular formula is C16H29ClN2O. The third kappa shape index (κ3) is 3.48. The normalized spacial score (nSPS) is 27.1. The van der Waals surface area contributed by atoms with Crippen LogP contribution in [0.5, 0.6) is 0 Å². The van der Waals surface area contributed by atoms with Gasteiger partial charge < -0.3 is 10.2 Å². The van der Waals surface area contributed by atoms with E-state index in [0.717, 1.165) is 39.0 Å². The van der Waals surface area contributed by atoms with E-state index in [1.54, 1.807) is 0 Å². The van der Waals surface area contributed by atoms with Gasteiger partial charge in [0.2, 0.25) is 5.91 Å². The van der Waals surface area contributed by atoms with Crippen LogP contribution in [0.4, 0.5) is 0 Å². The number of hydrogen-bond donors (Lipinski definition) is 1. The number of rotatable bonds is 1. The Balaban J connectivity index is 0.00000147. The molecule has 0 unspecified atom stereocenters. The fourth-order valence-electron chi connectivity index (χ4n) is 4.33. The predicted octanol–water partition coefficient (Wildman–Crippen LogP) is 2.98. The summed E-state index contributed by atoms with van der Waals surface area (Å²) in [5.74, 6) is 0.758. The molecule has 0 aromatic carbocycles. The molecule has 0 atom stereocenters. The van der Waals surface area contributed by atoms with Crippen molar-refractivity contribution in [1.82, 2.24) is 10.2 Å². The van der Waals surface area contributed by atoms with Gasteiger partial charge in [0, 0.05) is 19.0 Å². The Hall–Kier alpha value is -0.280. The molecule has 3 fully saturated rings. The third-order valence-corrected chi connectivity index (χ3v) is 5.74. The molecule has 1 spiro atoms. The number of amides is 1. The summed E-state index contributed by atoms with van der Waals surface area (Å²) in [4.78, 5) is 14.7. The zero-order chi connectivity index (χ0) is 13.1. The van der Waals surface area contributed by atoms with Crippen LogP contribution in [0.3, 0.4) is 0 Å². The Labute approximate surface area is 129 Å². The number of halogens is 1. The Morgan fingerprint density at radius 1 is 0.950 bits per heavy atom. The summed E-state index contributed by atoms with van der Waals surface area (Å²) in [6, 6.07) is 0. The molecule has 1 aliphatic carbocycles. The molecule has 0 bridgehead atoms. The molecule has 1 N–H and O–H groups in total. The average Bonchev–Trinajstić information content (AvgIpc) is 2.49. The van der Waals surface area contributed by atoms with Crippen molar-refractivity contribution < 1.29 is 4.79 Å². The highest BCUT2D eigenvalue weighted by Gasteiger charge is 2.37. The molecule has 2 aliphatic heterocycles. The molecule has 0 radical (unpaired) electrons. The van der Waals surface area contributed by atoms with Gasteiger partial charge in [-0.05, 0) is 57.0 Å². The standard InChI is InChI=1S/C16H28N2O.ClH/c19-15(14-4-10-17-11-5-14)18-12-8-16(9-13-18)6-2-1-3-7-16;/h14,17H,1-13H2;1H. The highest BCUT2D eigenvalue weighted by atomic mass is 35.5. The summed E-state index contributed by atoms with van der Waals surface area (Å²) in [7, 11) is 0. The topological polar surface area (TPSA) is 32.3 Å². The minimum atomic E-state index is 0. The van der Waals surface area contributed by atoms with Crippen LogP contribution in [0.15, 0.2) is 0 Å². The first kappa shape index (κ1) is 16.1. The van der Waals surface area contributed by atoms with E-state index in [4.69, 9.17) is 0 Å². The van der Waals surface area contributed by atoms with Crippen molar-refractivity contribution in [2.24, 2.45) is 11.3 Å². The van der Waals surface area contributed by atoms with Crippen molar-refractivity contribution in [2.45, 2.75) is 57.8 Å². The summed E-state index contributed by atoms with van der Waals surface area (Å²) in [6.07, 6.45) is 11.7. The second kappa shape index (κ2) is 7.13. The number of carbonyl (C=O) groups is 1. The van der Waals surface area contributed by atoms with Crippen molar-refractivity contribution >= 4 is 18.3 Å². The summed E-state index contributed by atoms with van der Waals surface area (Å²) in [6.45, 7) is 4.11. The van der Waals surface area contributed by atoms with Crippen LogP contribution in [0.25, 0.3) is 0 Å². The predicted molar refractivity (Wildman–Crippen MR) is 84.2 cm³/mol. The third-order valence-electron chi connectivity index (χ3n) is 5.74. The fourth-order valence-corrected chi connectivity index (χ4v) is 4.33. The molecule has 1 amide bonds. The van der Waals surface area contributed by atoms with Crippen molar-refractivity contribution in [3.63, 3.8) is 0 Å². The van der Waals surface area contributed by atoms with E-state index in [1.165, 1.54) is 44.9 Å². The number of carbonyl (C=O) groups excluding carboxylic acids is 1. The number of likely N-dealkylation sites (tertiary alicyclic amines) is 1. The van der Waals surface area contributed by atoms with Gasteiger partial charge in [0.1, 0.15) is 0 Å². The number of nitrogens with one attached hydrogen (secondary N) is 1. The quantitative estimate of drug-likeness (QED) is 0.807. The largest absolute Gasteiger partial charge is 0.342 e. The number of nitrogens with zero attached hydrogens (tertiary/aromatic N) is 1. The second-order valence-corrected chi connectivity index (χ2v) is 6.91. The highest BCUT2D eigenvalue weighted by molar-refractivity contribution is 5.85. The summed E-state index contributed by atoms with van der Waals surface area (Å²) in [5.41, 5.74) is 0.614. The van der Waals surface area contributed by atoms with Gasteiger partial charge in [-0.2, -0.15) is 0 Å². The SMILES string of the molecule is Cl.O=C(C1CCNCC1)N1CCC2(CCCCC2)CC1. The van der Waals surface area contributed by atoms with Gasteiger partial charge in [0.05, 0.1) is 0 Å². The maximum Gasteiger partial charge on any atom is 0.225 e. The van der Waals surface area contributed by atoms with E-state index in [2.05, 4.69) is 10.2 Å². The smallest absolute Gasteiger partial charge is 0.225 e. The lowest BCUT2D eigenvalue weighted by molar-refractivity contribution is -0.139. The first-order valence-electron chi connectivity index (χ1n) is 8.29. The van der Waals surface area contributed by atoms with Gasteiger partial charge >= 0.3 is 0 Å². The lowest BCUT2D eigenvalue weighted by Gasteiger charge is -2.45. The molecule has 2 heterocycles. The van der Waals surface area contributed by atoms with E-state index in [9.17, 15) is 4.79 Å².